The van der Waals surface area contributed by atoms with Crippen LogP contribution in [-0.2, 0) is 6.54 Å². The quantitative estimate of drug-likeness (QED) is 0.875. The summed E-state index contributed by atoms with van der Waals surface area (Å²) in [5.41, 5.74) is 3.61. The molecule has 0 fully saturated rings. The van der Waals surface area contributed by atoms with E-state index in [-0.39, 0.29) is 0 Å². The molecule has 0 atom stereocenters. The van der Waals surface area contributed by atoms with E-state index in [2.05, 4.69) is 52.2 Å². The molecule has 0 radical (unpaired) electrons. The van der Waals surface area contributed by atoms with Gasteiger partial charge >= 0.3 is 0 Å². The van der Waals surface area contributed by atoms with Gasteiger partial charge < -0.3 is 5.32 Å². The maximum Gasteiger partial charge on any atom is 0.113 e. The molecule has 0 spiro atoms. The minimum Gasteiger partial charge on any atom is -0.378 e. The average molecular weight is 332 g/mol. The van der Waals surface area contributed by atoms with Gasteiger partial charge in [-0.2, -0.15) is 0 Å². The van der Waals surface area contributed by atoms with Gasteiger partial charge in [-0.3, -0.25) is 0 Å². The van der Waals surface area contributed by atoms with E-state index in [0.717, 1.165) is 13.8 Å². The van der Waals surface area contributed by atoms with Crippen molar-refractivity contribution in [3.05, 3.63) is 43.3 Å². The smallest absolute Gasteiger partial charge is 0.113 e. The van der Waals surface area contributed by atoms with Crippen LogP contribution in [0.15, 0.2) is 22.8 Å². The fraction of sp³-hybridized carbons (Fsp3) is 0.250. The topological polar surface area (TPSA) is 24.9 Å². The Hall–Kier alpha value is -0.580. The lowest BCUT2D eigenvalue weighted by Crippen LogP contribution is -2.02. The molecule has 0 aliphatic carbocycles. The molecule has 2 aromatic rings. The Morgan fingerprint density at radius 3 is 2.53 bits per heavy atom. The zero-order chi connectivity index (χ0) is 12.4. The zero-order valence-electron chi connectivity index (χ0n) is 9.55. The number of thiazole rings is 1. The molecule has 90 valence electrons. The number of nitrogens with zero attached hydrogens (tertiary/aromatic N) is 1. The van der Waals surface area contributed by atoms with Gasteiger partial charge in [-0.1, -0.05) is 27.5 Å². The van der Waals surface area contributed by atoms with Crippen LogP contribution in [0.1, 0.15) is 16.1 Å². The Bertz CT molecular complexity index is 516. The number of hydrogen-bond donors (Lipinski definition) is 1. The first-order chi connectivity index (χ1) is 8.06. The average Bonchev–Trinajstić information content (AvgIpc) is 2.62. The van der Waals surface area contributed by atoms with Crippen molar-refractivity contribution in [1.29, 1.82) is 0 Å². The van der Waals surface area contributed by atoms with E-state index in [0.29, 0.717) is 6.54 Å². The normalized spacial score (nSPS) is 10.6. The summed E-state index contributed by atoms with van der Waals surface area (Å²) < 4.78 is 1.83. The monoisotopic (exact) mass is 330 g/mol. The number of rotatable bonds is 3. The molecule has 1 heterocycles. The number of aryl methyl sites for hydroxylation is 2. The van der Waals surface area contributed by atoms with Crippen molar-refractivity contribution < 1.29 is 0 Å². The van der Waals surface area contributed by atoms with E-state index < -0.39 is 0 Å². The second-order valence-corrected chi connectivity index (χ2v) is 6.49. The van der Waals surface area contributed by atoms with Gasteiger partial charge in [0.2, 0.25) is 0 Å². The summed E-state index contributed by atoms with van der Waals surface area (Å²) >= 11 is 10.8. The summed E-state index contributed by atoms with van der Waals surface area (Å²) in [6.07, 6.45) is 1.69. The van der Waals surface area contributed by atoms with Crippen LogP contribution >= 0.6 is 38.9 Å². The Morgan fingerprint density at radius 2 is 2.00 bits per heavy atom. The third-order valence-electron chi connectivity index (χ3n) is 2.44. The SMILES string of the molecule is Cc1cc(Br)cc(C)c1NCc1ncc(Cl)s1. The molecule has 1 aromatic heterocycles. The number of anilines is 1. The van der Waals surface area contributed by atoms with Crippen molar-refractivity contribution in [2.24, 2.45) is 0 Å². The predicted molar refractivity (Wildman–Crippen MR) is 78.1 cm³/mol. The summed E-state index contributed by atoms with van der Waals surface area (Å²) in [6.45, 7) is 4.89. The van der Waals surface area contributed by atoms with Crippen molar-refractivity contribution in [1.82, 2.24) is 4.98 Å². The Labute approximate surface area is 118 Å². The zero-order valence-corrected chi connectivity index (χ0v) is 12.7. The highest BCUT2D eigenvalue weighted by molar-refractivity contribution is 9.10. The molecular formula is C12H12BrClN2S. The molecule has 1 aromatic carbocycles. The molecule has 0 aliphatic rings. The van der Waals surface area contributed by atoms with Gasteiger partial charge in [0.15, 0.2) is 0 Å². The van der Waals surface area contributed by atoms with Crippen LogP contribution in [0.5, 0.6) is 0 Å². The van der Waals surface area contributed by atoms with Crippen molar-refractivity contribution in [3.63, 3.8) is 0 Å². The van der Waals surface area contributed by atoms with E-state index in [1.807, 2.05) is 0 Å². The van der Waals surface area contributed by atoms with Crippen LogP contribution in [0, 0.1) is 13.8 Å². The lowest BCUT2D eigenvalue weighted by molar-refractivity contribution is 1.09. The number of benzene rings is 1. The molecule has 0 saturated carbocycles. The van der Waals surface area contributed by atoms with Crippen LogP contribution in [0.2, 0.25) is 4.34 Å². The van der Waals surface area contributed by atoms with Gasteiger partial charge in [-0.25, -0.2) is 4.98 Å². The summed E-state index contributed by atoms with van der Waals surface area (Å²) in [7, 11) is 0. The number of halogens is 2. The molecular weight excluding hydrogens is 320 g/mol. The first-order valence-electron chi connectivity index (χ1n) is 5.17. The maximum absolute atomic E-state index is 5.85. The van der Waals surface area contributed by atoms with Crippen molar-refractivity contribution in [3.8, 4) is 0 Å². The van der Waals surface area contributed by atoms with Crippen molar-refractivity contribution in [2.45, 2.75) is 20.4 Å². The largest absolute Gasteiger partial charge is 0.378 e. The first-order valence-corrected chi connectivity index (χ1v) is 7.16. The second-order valence-electron chi connectivity index (χ2n) is 3.83. The third kappa shape index (κ3) is 3.21. The molecule has 17 heavy (non-hydrogen) atoms. The Morgan fingerprint density at radius 1 is 1.35 bits per heavy atom. The van der Waals surface area contributed by atoms with Crippen molar-refractivity contribution >= 4 is 44.6 Å². The van der Waals surface area contributed by atoms with Gasteiger partial charge in [0.05, 0.1) is 12.7 Å². The first kappa shape index (κ1) is 12.9. The van der Waals surface area contributed by atoms with Gasteiger partial charge in [0.1, 0.15) is 9.34 Å². The predicted octanol–water partition coefficient (Wildman–Crippen LogP) is 4.79. The van der Waals surface area contributed by atoms with E-state index >= 15 is 0 Å². The summed E-state index contributed by atoms with van der Waals surface area (Å²) in [6, 6.07) is 4.20. The molecule has 2 nitrogen and oxygen atoms in total. The summed E-state index contributed by atoms with van der Waals surface area (Å²) in [5, 5.41) is 4.40. The second kappa shape index (κ2) is 5.38. The molecule has 2 rings (SSSR count). The van der Waals surface area contributed by atoms with E-state index in [4.69, 9.17) is 11.6 Å². The van der Waals surface area contributed by atoms with Gasteiger partial charge in [-0.15, -0.1) is 11.3 Å². The lowest BCUT2D eigenvalue weighted by Gasteiger charge is -2.12. The molecule has 5 heteroatoms. The van der Waals surface area contributed by atoms with Crippen LogP contribution in [0.3, 0.4) is 0 Å². The van der Waals surface area contributed by atoms with Crippen LogP contribution in [0.4, 0.5) is 5.69 Å². The van der Waals surface area contributed by atoms with Crippen molar-refractivity contribution in [2.75, 3.05) is 5.32 Å². The van der Waals surface area contributed by atoms with Gasteiger partial charge in [0, 0.05) is 10.2 Å². The van der Waals surface area contributed by atoms with E-state index in [1.54, 1.807) is 6.20 Å². The molecule has 1 N–H and O–H groups in total. The molecule has 0 aliphatic heterocycles. The Balaban J connectivity index is 2.14. The number of nitrogens with one attached hydrogen (secondary N) is 1. The van der Waals surface area contributed by atoms with Crippen LogP contribution in [0.25, 0.3) is 0 Å². The highest BCUT2D eigenvalue weighted by Crippen LogP contribution is 2.26. The molecule has 0 amide bonds. The van der Waals surface area contributed by atoms with Crippen LogP contribution < -0.4 is 5.32 Å². The van der Waals surface area contributed by atoms with Gasteiger partial charge in [-0.05, 0) is 37.1 Å². The lowest BCUT2D eigenvalue weighted by atomic mass is 10.1. The number of aromatic nitrogens is 1. The highest BCUT2D eigenvalue weighted by Gasteiger charge is 2.05. The van der Waals surface area contributed by atoms with Crippen LogP contribution in [-0.4, -0.2) is 4.98 Å². The Kier molecular flexibility index (Phi) is 4.07. The molecule has 0 unspecified atom stereocenters. The highest BCUT2D eigenvalue weighted by atomic mass is 79.9. The van der Waals surface area contributed by atoms with E-state index in [9.17, 15) is 0 Å². The standard InChI is InChI=1S/C12H12BrClN2S/c1-7-3-9(13)4-8(2)12(7)16-6-11-15-5-10(14)17-11/h3-5,16H,6H2,1-2H3. The van der Waals surface area contributed by atoms with E-state index in [1.165, 1.54) is 28.2 Å². The fourth-order valence-corrected chi connectivity index (χ4v) is 3.31. The minimum atomic E-state index is 0.709. The number of hydrogen-bond acceptors (Lipinski definition) is 3. The van der Waals surface area contributed by atoms with Gasteiger partial charge in [0.25, 0.3) is 0 Å². The maximum atomic E-state index is 5.85. The molecule has 0 bridgehead atoms. The summed E-state index contributed by atoms with van der Waals surface area (Å²) in [5.74, 6) is 0. The fourth-order valence-electron chi connectivity index (χ4n) is 1.72. The summed E-state index contributed by atoms with van der Waals surface area (Å²) in [4.78, 5) is 4.22. The molecule has 0 saturated heterocycles. The third-order valence-corrected chi connectivity index (χ3v) is 4.01. The minimum absolute atomic E-state index is 0.709.